The largest absolute Gasteiger partial charge is 0.480 e. The molecule has 0 aromatic heterocycles. The second-order valence-corrected chi connectivity index (χ2v) is 4.88. The van der Waals surface area contributed by atoms with Gasteiger partial charge in [0.1, 0.15) is 6.04 Å². The number of aliphatic carboxylic acids is 1. The van der Waals surface area contributed by atoms with Crippen molar-refractivity contribution in [3.63, 3.8) is 0 Å². The molecule has 1 atom stereocenters. The Morgan fingerprint density at radius 1 is 1.50 bits per heavy atom. The molecular formula is C8H14N2O5S. The van der Waals surface area contributed by atoms with E-state index in [0.29, 0.717) is 0 Å². The van der Waals surface area contributed by atoms with Crippen molar-refractivity contribution in [3.05, 3.63) is 12.7 Å². The van der Waals surface area contributed by atoms with Gasteiger partial charge in [-0.1, -0.05) is 6.08 Å². The summed E-state index contributed by atoms with van der Waals surface area (Å²) in [6.07, 6.45) is 0.754. The summed E-state index contributed by atoms with van der Waals surface area (Å²) >= 11 is 0. The Kier molecular flexibility index (Phi) is 5.68. The lowest BCUT2D eigenvalue weighted by molar-refractivity contribution is -0.139. The van der Waals surface area contributed by atoms with Crippen LogP contribution in [0.5, 0.6) is 0 Å². The molecule has 0 aliphatic carbocycles. The Balaban J connectivity index is 4.51. The number of carboxylic acids is 1. The monoisotopic (exact) mass is 250 g/mol. The highest BCUT2D eigenvalue weighted by molar-refractivity contribution is 7.89. The minimum absolute atomic E-state index is 0.180. The molecular weight excluding hydrogens is 236 g/mol. The third-order valence-electron chi connectivity index (χ3n) is 1.64. The molecule has 0 aromatic rings. The first-order valence-electron chi connectivity index (χ1n) is 4.40. The third kappa shape index (κ3) is 6.14. The molecule has 0 rings (SSSR count). The fourth-order valence-electron chi connectivity index (χ4n) is 0.939. The highest BCUT2D eigenvalue weighted by Gasteiger charge is 2.23. The number of carbonyl (C=O) groups excluding carboxylic acids is 1. The normalized spacial score (nSPS) is 13.0. The molecule has 1 unspecified atom stereocenters. The summed E-state index contributed by atoms with van der Waals surface area (Å²) in [5, 5.41) is 8.71. The van der Waals surface area contributed by atoms with E-state index in [9.17, 15) is 18.0 Å². The lowest BCUT2D eigenvalue weighted by Gasteiger charge is -2.12. The Bertz CT molecular complexity index is 376. The molecule has 8 heteroatoms. The van der Waals surface area contributed by atoms with Gasteiger partial charge in [0.25, 0.3) is 0 Å². The highest BCUT2D eigenvalue weighted by Crippen LogP contribution is 2.00. The third-order valence-corrected chi connectivity index (χ3v) is 2.95. The van der Waals surface area contributed by atoms with Gasteiger partial charge in [-0.3, -0.25) is 9.59 Å². The van der Waals surface area contributed by atoms with Gasteiger partial charge in [-0.05, 0) is 6.42 Å². The van der Waals surface area contributed by atoms with Gasteiger partial charge in [-0.15, -0.1) is 6.58 Å². The van der Waals surface area contributed by atoms with E-state index in [1.54, 1.807) is 0 Å². The molecule has 0 bridgehead atoms. The van der Waals surface area contributed by atoms with Crippen LogP contribution in [0, 0.1) is 0 Å². The molecule has 4 N–H and O–H groups in total. The zero-order chi connectivity index (χ0) is 12.8. The summed E-state index contributed by atoms with van der Waals surface area (Å²) in [5.74, 6) is -2.42. The van der Waals surface area contributed by atoms with Gasteiger partial charge in [-0.25, -0.2) is 13.1 Å². The molecule has 0 fully saturated rings. The van der Waals surface area contributed by atoms with E-state index in [2.05, 4.69) is 6.58 Å². The van der Waals surface area contributed by atoms with Crippen molar-refractivity contribution in [2.24, 2.45) is 5.73 Å². The summed E-state index contributed by atoms with van der Waals surface area (Å²) < 4.78 is 24.4. The van der Waals surface area contributed by atoms with E-state index in [-0.39, 0.29) is 18.6 Å². The molecule has 0 saturated heterocycles. The number of nitrogens with two attached hydrogens (primary N) is 1. The van der Waals surface area contributed by atoms with Crippen LogP contribution in [-0.4, -0.2) is 37.2 Å². The van der Waals surface area contributed by atoms with Crippen molar-refractivity contribution in [2.75, 3.05) is 5.75 Å². The predicted molar refractivity (Wildman–Crippen MR) is 57.0 cm³/mol. The zero-order valence-corrected chi connectivity index (χ0v) is 9.37. The van der Waals surface area contributed by atoms with Crippen molar-refractivity contribution in [3.8, 4) is 0 Å². The number of hydrogen-bond donors (Lipinski definition) is 3. The number of sulfonamides is 1. The van der Waals surface area contributed by atoms with Crippen molar-refractivity contribution >= 4 is 21.9 Å². The Morgan fingerprint density at radius 2 is 2.06 bits per heavy atom. The number of rotatable bonds is 8. The van der Waals surface area contributed by atoms with E-state index >= 15 is 0 Å². The van der Waals surface area contributed by atoms with Gasteiger partial charge in [-0.2, -0.15) is 0 Å². The van der Waals surface area contributed by atoms with E-state index in [0.717, 1.165) is 6.08 Å². The van der Waals surface area contributed by atoms with Gasteiger partial charge in [0.05, 0.1) is 5.75 Å². The van der Waals surface area contributed by atoms with Crippen LogP contribution in [-0.2, 0) is 19.6 Å². The smallest absolute Gasteiger partial charge is 0.321 e. The first-order valence-corrected chi connectivity index (χ1v) is 6.05. The Labute approximate surface area is 93.4 Å². The topological polar surface area (TPSA) is 127 Å². The molecule has 0 aliphatic rings. The second-order valence-electron chi connectivity index (χ2n) is 3.08. The first-order chi connectivity index (χ1) is 7.28. The maximum atomic E-state index is 11.2. The van der Waals surface area contributed by atoms with Crippen LogP contribution >= 0.6 is 0 Å². The van der Waals surface area contributed by atoms with Gasteiger partial charge in [0, 0.05) is 6.42 Å². The van der Waals surface area contributed by atoms with Crippen LogP contribution in [0.2, 0.25) is 0 Å². The molecule has 92 valence electrons. The predicted octanol–water partition coefficient (Wildman–Crippen LogP) is -1.19. The van der Waals surface area contributed by atoms with Crippen LogP contribution in [0.3, 0.4) is 0 Å². The highest BCUT2D eigenvalue weighted by atomic mass is 32.2. The molecule has 7 nitrogen and oxygen atoms in total. The fourth-order valence-corrected chi connectivity index (χ4v) is 2.00. The van der Waals surface area contributed by atoms with Crippen LogP contribution in [0.15, 0.2) is 12.7 Å². The minimum atomic E-state index is -3.72. The lowest BCUT2D eigenvalue weighted by Crippen LogP contribution is -2.42. The lowest BCUT2D eigenvalue weighted by atomic mass is 10.2. The molecule has 0 aliphatic heterocycles. The van der Waals surface area contributed by atoms with E-state index < -0.39 is 27.9 Å². The molecule has 0 heterocycles. The average Bonchev–Trinajstić information content (AvgIpc) is 2.11. The average molecular weight is 250 g/mol. The molecule has 0 saturated carbocycles. The number of amides is 1. The number of nitrogens with one attached hydrogen (secondary N) is 1. The van der Waals surface area contributed by atoms with Crippen LogP contribution < -0.4 is 10.5 Å². The number of carbonyl (C=O) groups is 2. The Hall–Kier alpha value is -1.41. The molecule has 0 spiro atoms. The minimum Gasteiger partial charge on any atom is -0.480 e. The van der Waals surface area contributed by atoms with E-state index in [1.807, 2.05) is 4.72 Å². The van der Waals surface area contributed by atoms with Crippen LogP contribution in [0.25, 0.3) is 0 Å². The molecule has 0 radical (unpaired) electrons. The summed E-state index contributed by atoms with van der Waals surface area (Å²) in [4.78, 5) is 21.1. The number of hydrogen-bond acceptors (Lipinski definition) is 4. The summed E-state index contributed by atoms with van der Waals surface area (Å²) in [6, 6.07) is -1.35. The van der Waals surface area contributed by atoms with Crippen molar-refractivity contribution in [2.45, 2.75) is 18.9 Å². The standard InChI is InChI=1S/C8H14N2O5S/c1-2-5-16(14,15)10-6(8(12)13)3-4-7(9)11/h2,6,10H,1,3-5H2,(H2,9,11)(H,12,13). The zero-order valence-electron chi connectivity index (χ0n) is 8.55. The maximum Gasteiger partial charge on any atom is 0.321 e. The molecule has 16 heavy (non-hydrogen) atoms. The van der Waals surface area contributed by atoms with E-state index in [4.69, 9.17) is 10.8 Å². The number of carboxylic acid groups (broad SMARTS) is 1. The summed E-state index contributed by atoms with van der Waals surface area (Å²) in [5.41, 5.74) is 4.84. The van der Waals surface area contributed by atoms with Crippen LogP contribution in [0.1, 0.15) is 12.8 Å². The van der Waals surface area contributed by atoms with E-state index in [1.165, 1.54) is 0 Å². The second kappa shape index (κ2) is 6.23. The van der Waals surface area contributed by atoms with Crippen molar-refractivity contribution < 1.29 is 23.1 Å². The van der Waals surface area contributed by atoms with Gasteiger partial charge >= 0.3 is 5.97 Å². The fraction of sp³-hybridized carbons (Fsp3) is 0.500. The van der Waals surface area contributed by atoms with Crippen LogP contribution in [0.4, 0.5) is 0 Å². The summed E-state index contributed by atoms with van der Waals surface area (Å²) in [6.45, 7) is 3.23. The van der Waals surface area contributed by atoms with Gasteiger partial charge < -0.3 is 10.8 Å². The van der Waals surface area contributed by atoms with Crippen molar-refractivity contribution in [1.82, 2.24) is 4.72 Å². The van der Waals surface area contributed by atoms with Gasteiger partial charge in [0.2, 0.25) is 15.9 Å². The maximum absolute atomic E-state index is 11.2. The molecule has 0 aromatic carbocycles. The first kappa shape index (κ1) is 14.6. The quantitative estimate of drug-likeness (QED) is 0.467. The van der Waals surface area contributed by atoms with Gasteiger partial charge in [0.15, 0.2) is 0 Å². The summed E-state index contributed by atoms with van der Waals surface area (Å²) in [7, 11) is -3.72. The SMILES string of the molecule is C=CCS(=O)(=O)NC(CCC(N)=O)C(=O)O. The van der Waals surface area contributed by atoms with Crippen molar-refractivity contribution in [1.29, 1.82) is 0 Å². The molecule has 1 amide bonds. The number of primary amides is 1. The Morgan fingerprint density at radius 3 is 2.44 bits per heavy atom.